The predicted molar refractivity (Wildman–Crippen MR) is 427 cm³/mol. The molecule has 0 amide bonds. The van der Waals surface area contributed by atoms with E-state index in [-0.39, 0.29) is 32.2 Å². The third kappa shape index (κ3) is 83.4. The number of likely N-dealkylation sites (N-methyl/N-ethyl adjacent to an activating group) is 1. The lowest BCUT2D eigenvalue weighted by atomic mass is 10.0. The Hall–Kier alpha value is -1.71. The number of rotatable bonds is 87. The van der Waals surface area contributed by atoms with Crippen LogP contribution >= 0.6 is 0 Å². The van der Waals surface area contributed by atoms with E-state index in [0.717, 1.165) is 38.5 Å². The van der Waals surface area contributed by atoms with Crippen molar-refractivity contribution in [1.29, 1.82) is 0 Å². The molecule has 0 aliphatic heterocycles. The highest BCUT2D eigenvalue weighted by molar-refractivity contribution is 5.70. The van der Waals surface area contributed by atoms with Gasteiger partial charge in [0.25, 0.3) is 0 Å². The van der Waals surface area contributed by atoms with Gasteiger partial charge in [0.1, 0.15) is 13.2 Å². The number of quaternary nitrogens is 1. The van der Waals surface area contributed by atoms with Crippen molar-refractivity contribution in [2.75, 3.05) is 47.5 Å². The first kappa shape index (κ1) is 97.3. The standard InChI is InChI=1S/C90H177NO8/c1-6-8-10-12-14-16-18-20-22-24-26-28-30-32-34-36-38-40-42-43-44-45-47-49-51-53-55-57-59-61-63-65-67-69-71-73-75-77-79-81-88(93)99-86(85-98-90(89(94)95)96-83-82-91(3,4)5)84-97-87(92)80-78-76-74-72-70-68-66-64-62-60-58-56-54-52-50-48-46-41-39-37-35-33-31-29-27-25-23-21-19-17-15-13-11-9-7-2/h86,90H,6-85H2,1-5H3. The summed E-state index contributed by atoms with van der Waals surface area (Å²) in [7, 11) is 5.96. The van der Waals surface area contributed by atoms with Crippen LogP contribution in [0.15, 0.2) is 0 Å². The van der Waals surface area contributed by atoms with Gasteiger partial charge in [0.05, 0.1) is 40.3 Å². The van der Waals surface area contributed by atoms with Gasteiger partial charge in [-0.05, 0) is 12.8 Å². The van der Waals surface area contributed by atoms with Crippen molar-refractivity contribution in [2.24, 2.45) is 0 Å². The Balaban J connectivity index is 3.87. The number of carbonyl (C=O) groups is 3. The molecule has 9 heteroatoms. The molecule has 0 rings (SSSR count). The second kappa shape index (κ2) is 82.0. The lowest BCUT2D eigenvalue weighted by Crippen LogP contribution is -2.44. The Kier molecular flexibility index (Phi) is 80.5. The fourth-order valence-electron chi connectivity index (χ4n) is 14.5. The average molecular weight is 1400 g/mol. The fourth-order valence-corrected chi connectivity index (χ4v) is 14.5. The van der Waals surface area contributed by atoms with Crippen LogP contribution in [0.5, 0.6) is 0 Å². The zero-order valence-corrected chi connectivity index (χ0v) is 67.9. The van der Waals surface area contributed by atoms with Crippen LogP contribution in [0.2, 0.25) is 0 Å². The number of unbranched alkanes of at least 4 members (excludes halogenated alkanes) is 72. The summed E-state index contributed by atoms with van der Waals surface area (Å²) in [6.07, 6.45) is 100. The van der Waals surface area contributed by atoms with Gasteiger partial charge >= 0.3 is 11.9 Å². The highest BCUT2D eigenvalue weighted by Gasteiger charge is 2.22. The van der Waals surface area contributed by atoms with Crippen molar-refractivity contribution in [2.45, 2.75) is 514 Å². The van der Waals surface area contributed by atoms with Gasteiger partial charge in [-0.1, -0.05) is 476 Å². The van der Waals surface area contributed by atoms with Crippen molar-refractivity contribution in [3.8, 4) is 0 Å². The van der Waals surface area contributed by atoms with Gasteiger partial charge in [0, 0.05) is 12.8 Å². The molecule has 0 spiro atoms. The number of carbonyl (C=O) groups excluding carboxylic acids is 3. The lowest BCUT2D eigenvalue weighted by molar-refractivity contribution is -0.870. The number of nitrogens with zero attached hydrogens (tertiary/aromatic N) is 1. The van der Waals surface area contributed by atoms with Crippen molar-refractivity contribution in [3.05, 3.63) is 0 Å². The molecule has 0 saturated carbocycles. The zero-order valence-electron chi connectivity index (χ0n) is 67.9. The smallest absolute Gasteiger partial charge is 0.306 e. The number of hydrogen-bond acceptors (Lipinski definition) is 8. The number of carboxylic acid groups (broad SMARTS) is 1. The minimum Gasteiger partial charge on any atom is -0.545 e. The van der Waals surface area contributed by atoms with Crippen LogP contribution in [0, 0.1) is 0 Å². The summed E-state index contributed by atoms with van der Waals surface area (Å²) in [6, 6.07) is 0. The van der Waals surface area contributed by atoms with Crippen LogP contribution in [-0.4, -0.2) is 82.3 Å². The predicted octanol–water partition coefficient (Wildman–Crippen LogP) is 27.9. The molecule has 9 nitrogen and oxygen atoms in total. The Morgan fingerprint density at radius 1 is 0.263 bits per heavy atom. The van der Waals surface area contributed by atoms with E-state index in [1.54, 1.807) is 0 Å². The number of hydrogen-bond donors (Lipinski definition) is 0. The number of esters is 2. The normalized spacial score (nSPS) is 12.5. The summed E-state index contributed by atoms with van der Waals surface area (Å²) in [6.45, 7) is 4.87. The van der Waals surface area contributed by atoms with Gasteiger partial charge in [-0.25, -0.2) is 0 Å². The van der Waals surface area contributed by atoms with E-state index < -0.39 is 24.3 Å². The second-order valence-corrected chi connectivity index (χ2v) is 32.6. The van der Waals surface area contributed by atoms with Gasteiger partial charge in [0.15, 0.2) is 12.4 Å². The molecule has 0 fully saturated rings. The first-order valence-corrected chi connectivity index (χ1v) is 45.2. The van der Waals surface area contributed by atoms with E-state index in [1.165, 1.54) is 437 Å². The average Bonchev–Trinajstić information content (AvgIpc) is 1.14. The maximum absolute atomic E-state index is 13.0. The van der Waals surface area contributed by atoms with Crippen LogP contribution in [0.1, 0.15) is 502 Å². The minimum absolute atomic E-state index is 0.154. The molecule has 0 radical (unpaired) electrons. The van der Waals surface area contributed by atoms with E-state index in [4.69, 9.17) is 18.9 Å². The molecule has 0 aliphatic rings. The molecule has 590 valence electrons. The van der Waals surface area contributed by atoms with E-state index in [0.29, 0.717) is 17.4 Å². The van der Waals surface area contributed by atoms with Crippen LogP contribution in [-0.2, 0) is 33.3 Å². The largest absolute Gasteiger partial charge is 0.545 e. The van der Waals surface area contributed by atoms with E-state index >= 15 is 0 Å². The van der Waals surface area contributed by atoms with Gasteiger partial charge < -0.3 is 33.3 Å². The first-order valence-electron chi connectivity index (χ1n) is 45.2. The molecular formula is C90H177NO8. The topological polar surface area (TPSA) is 111 Å². The summed E-state index contributed by atoms with van der Waals surface area (Å²) in [4.78, 5) is 37.7. The summed E-state index contributed by atoms with van der Waals surface area (Å²) in [5, 5.41) is 11.9. The molecule has 0 N–H and O–H groups in total. The fraction of sp³-hybridized carbons (Fsp3) is 0.967. The number of aliphatic carboxylic acids is 1. The SMILES string of the molecule is CCCCCCCCCCCCCCCCCCCCCCCCCCCCCCCCCCCCCCCCCC(=O)OC(COC(=O)CCCCCCCCCCCCCCCCCCCCCCCCCCCCCCCCCCCCC)COC(OCC[N+](C)(C)C)C(=O)[O-]. The van der Waals surface area contributed by atoms with Crippen molar-refractivity contribution < 1.29 is 42.9 Å². The zero-order chi connectivity index (χ0) is 71.8. The molecular weight excluding hydrogens is 1220 g/mol. The van der Waals surface area contributed by atoms with Gasteiger partial charge in [0.2, 0.25) is 0 Å². The number of carboxylic acids is 1. The summed E-state index contributed by atoms with van der Waals surface area (Å²) in [5.74, 6) is -2.24. The molecule has 0 heterocycles. The molecule has 0 aromatic rings. The van der Waals surface area contributed by atoms with Crippen LogP contribution in [0.4, 0.5) is 0 Å². The maximum Gasteiger partial charge on any atom is 0.306 e. The highest BCUT2D eigenvalue weighted by atomic mass is 16.7. The molecule has 0 aromatic carbocycles. The Morgan fingerprint density at radius 2 is 0.455 bits per heavy atom. The van der Waals surface area contributed by atoms with Crippen LogP contribution in [0.25, 0.3) is 0 Å². The quantitative estimate of drug-likeness (QED) is 0.0256. The Labute approximate surface area is 619 Å². The Bertz CT molecular complexity index is 1580. The number of ether oxygens (including phenoxy) is 4. The summed E-state index contributed by atoms with van der Waals surface area (Å²) < 4.78 is 22.9. The molecule has 0 bridgehead atoms. The monoisotopic (exact) mass is 1400 g/mol. The van der Waals surface area contributed by atoms with E-state index in [9.17, 15) is 19.5 Å². The second-order valence-electron chi connectivity index (χ2n) is 32.6. The molecule has 2 atom stereocenters. The van der Waals surface area contributed by atoms with Crippen molar-refractivity contribution in [3.63, 3.8) is 0 Å². The molecule has 2 unspecified atom stereocenters. The van der Waals surface area contributed by atoms with E-state index in [1.807, 2.05) is 21.1 Å². The summed E-state index contributed by atoms with van der Waals surface area (Å²) in [5.41, 5.74) is 0. The highest BCUT2D eigenvalue weighted by Crippen LogP contribution is 2.22. The molecule has 0 saturated heterocycles. The van der Waals surface area contributed by atoms with Gasteiger partial charge in [-0.2, -0.15) is 0 Å². The molecule has 0 aliphatic carbocycles. The molecule has 99 heavy (non-hydrogen) atoms. The van der Waals surface area contributed by atoms with Gasteiger partial charge in [-0.3, -0.25) is 9.59 Å². The lowest BCUT2D eigenvalue weighted by Gasteiger charge is -2.26. The van der Waals surface area contributed by atoms with Crippen LogP contribution < -0.4 is 5.11 Å². The Morgan fingerprint density at radius 3 is 0.646 bits per heavy atom. The first-order chi connectivity index (χ1) is 48.6. The van der Waals surface area contributed by atoms with Gasteiger partial charge in [-0.15, -0.1) is 0 Å². The maximum atomic E-state index is 13.0. The third-order valence-electron chi connectivity index (χ3n) is 21.4. The summed E-state index contributed by atoms with van der Waals surface area (Å²) >= 11 is 0. The van der Waals surface area contributed by atoms with Crippen molar-refractivity contribution >= 4 is 17.9 Å². The van der Waals surface area contributed by atoms with E-state index in [2.05, 4.69) is 13.8 Å². The minimum atomic E-state index is -1.62. The van der Waals surface area contributed by atoms with Crippen molar-refractivity contribution in [1.82, 2.24) is 0 Å². The van der Waals surface area contributed by atoms with Crippen LogP contribution in [0.3, 0.4) is 0 Å². The third-order valence-corrected chi connectivity index (χ3v) is 21.4. The molecule has 0 aromatic heterocycles.